The molecule has 0 amide bonds. The number of hydrogen-bond acceptors (Lipinski definition) is 5. The number of para-hydroxylation sites is 3. The van der Waals surface area contributed by atoms with Crippen molar-refractivity contribution in [3.63, 3.8) is 0 Å². The lowest BCUT2D eigenvalue weighted by Gasteiger charge is -2.26. The summed E-state index contributed by atoms with van der Waals surface area (Å²) < 4.78 is 13.3. The van der Waals surface area contributed by atoms with Crippen LogP contribution in [0.15, 0.2) is 185 Å². The number of rotatable bonds is 5. The van der Waals surface area contributed by atoms with Crippen LogP contribution in [0.4, 0.5) is 17.1 Å². The Balaban J connectivity index is 1.19. The van der Waals surface area contributed by atoms with Crippen molar-refractivity contribution in [2.75, 3.05) is 4.90 Å². The molecule has 0 aliphatic carbocycles. The van der Waals surface area contributed by atoms with Crippen molar-refractivity contribution in [2.45, 2.75) is 0 Å². The molecule has 3 aromatic heterocycles. The van der Waals surface area contributed by atoms with Crippen molar-refractivity contribution in [2.24, 2.45) is 0 Å². The average Bonchev–Trinajstić information content (AvgIpc) is 3.80. The van der Waals surface area contributed by atoms with E-state index in [0.29, 0.717) is 5.82 Å². The van der Waals surface area contributed by atoms with Gasteiger partial charge >= 0.3 is 0 Å². The van der Waals surface area contributed by atoms with Gasteiger partial charge in [0.1, 0.15) is 16.7 Å². The van der Waals surface area contributed by atoms with Gasteiger partial charge < -0.3 is 13.7 Å². The zero-order valence-corrected chi connectivity index (χ0v) is 28.4. The van der Waals surface area contributed by atoms with Crippen LogP contribution in [0.5, 0.6) is 0 Å². The maximum Gasteiger partial charge on any atom is 0.161 e. The van der Waals surface area contributed by atoms with Crippen LogP contribution in [0.1, 0.15) is 0 Å². The smallest absolute Gasteiger partial charge is 0.161 e. The molecule has 0 atom stereocenters. The van der Waals surface area contributed by atoms with Crippen LogP contribution in [-0.4, -0.2) is 9.97 Å². The largest absolute Gasteiger partial charge is 0.456 e. The summed E-state index contributed by atoms with van der Waals surface area (Å²) in [6.07, 6.45) is 0. The van der Waals surface area contributed by atoms with E-state index in [9.17, 15) is 0 Å². The lowest BCUT2D eigenvalue weighted by molar-refractivity contribution is 0.667. The highest BCUT2D eigenvalue weighted by molar-refractivity contribution is 6.17. The Hall–Kier alpha value is -7.24. The summed E-state index contributed by atoms with van der Waals surface area (Å²) in [6, 6.07) is 60.7. The number of hydrogen-bond donors (Lipinski definition) is 0. The maximum atomic E-state index is 6.87. The number of anilines is 3. The molecule has 0 saturated carbocycles. The monoisotopic (exact) mass is 679 g/mol. The Morgan fingerprint density at radius 3 is 1.96 bits per heavy atom. The lowest BCUT2D eigenvalue weighted by atomic mass is 10.0. The Morgan fingerprint density at radius 1 is 0.434 bits per heavy atom. The van der Waals surface area contributed by atoms with Crippen molar-refractivity contribution in [1.82, 2.24) is 9.97 Å². The predicted octanol–water partition coefficient (Wildman–Crippen LogP) is 13.4. The van der Waals surface area contributed by atoms with Crippen LogP contribution in [0, 0.1) is 0 Å². The minimum absolute atomic E-state index is 0.645. The van der Waals surface area contributed by atoms with E-state index in [-0.39, 0.29) is 0 Å². The highest BCUT2D eigenvalue weighted by atomic mass is 16.3. The van der Waals surface area contributed by atoms with Crippen LogP contribution in [0.2, 0.25) is 0 Å². The van der Waals surface area contributed by atoms with Gasteiger partial charge in [0.05, 0.1) is 22.6 Å². The molecule has 248 valence electrons. The summed E-state index contributed by atoms with van der Waals surface area (Å²) in [6.45, 7) is 0. The molecule has 11 rings (SSSR count). The first kappa shape index (κ1) is 29.5. The molecule has 3 heterocycles. The molecule has 0 spiro atoms. The molecule has 0 aliphatic rings. The van der Waals surface area contributed by atoms with Crippen LogP contribution in [0.3, 0.4) is 0 Å². The van der Waals surface area contributed by atoms with Gasteiger partial charge in [-0.2, -0.15) is 0 Å². The van der Waals surface area contributed by atoms with Gasteiger partial charge in [0.2, 0.25) is 0 Å². The van der Waals surface area contributed by atoms with Gasteiger partial charge in [-0.25, -0.2) is 9.97 Å². The Labute approximate surface area is 304 Å². The second kappa shape index (κ2) is 11.7. The Kier molecular flexibility index (Phi) is 6.48. The second-order valence-corrected chi connectivity index (χ2v) is 13.4. The molecule has 8 aromatic carbocycles. The molecule has 5 heteroatoms. The highest BCUT2D eigenvalue weighted by Crippen LogP contribution is 2.47. The summed E-state index contributed by atoms with van der Waals surface area (Å²) in [5.41, 5.74) is 9.82. The van der Waals surface area contributed by atoms with E-state index < -0.39 is 0 Å². The molecule has 0 unspecified atom stereocenters. The third-order valence-corrected chi connectivity index (χ3v) is 10.2. The molecule has 11 aromatic rings. The predicted molar refractivity (Wildman–Crippen MR) is 217 cm³/mol. The van der Waals surface area contributed by atoms with Crippen LogP contribution in [-0.2, 0) is 0 Å². The fraction of sp³-hybridized carbons (Fsp3) is 0. The molecule has 0 saturated heterocycles. The molecule has 0 bridgehead atoms. The molecule has 5 nitrogen and oxygen atoms in total. The third-order valence-electron chi connectivity index (χ3n) is 10.2. The van der Waals surface area contributed by atoms with Crippen molar-refractivity contribution < 1.29 is 8.83 Å². The molecular weight excluding hydrogens is 651 g/mol. The van der Waals surface area contributed by atoms with Crippen molar-refractivity contribution in [1.29, 1.82) is 0 Å². The first-order valence-electron chi connectivity index (χ1n) is 17.7. The zero-order chi connectivity index (χ0) is 34.9. The molecule has 0 radical (unpaired) electrons. The highest BCUT2D eigenvalue weighted by Gasteiger charge is 2.24. The molecule has 0 fully saturated rings. The van der Waals surface area contributed by atoms with E-state index >= 15 is 0 Å². The number of fused-ring (bicyclic) bond motifs is 8. The number of nitrogens with zero attached hydrogens (tertiary/aromatic N) is 3. The minimum Gasteiger partial charge on any atom is -0.456 e. The normalized spacial score (nSPS) is 11.8. The van der Waals surface area contributed by atoms with Crippen LogP contribution in [0.25, 0.3) is 88.2 Å². The topological polar surface area (TPSA) is 55.3 Å². The second-order valence-electron chi connectivity index (χ2n) is 13.4. The Bertz CT molecular complexity index is 3200. The van der Waals surface area contributed by atoms with Crippen LogP contribution >= 0.6 is 0 Å². The summed E-state index contributed by atoms with van der Waals surface area (Å²) in [5, 5.41) is 7.48. The maximum absolute atomic E-state index is 6.87. The van der Waals surface area contributed by atoms with E-state index in [4.69, 9.17) is 18.8 Å². The van der Waals surface area contributed by atoms with Gasteiger partial charge in [0, 0.05) is 49.8 Å². The zero-order valence-electron chi connectivity index (χ0n) is 28.4. The van der Waals surface area contributed by atoms with Gasteiger partial charge in [-0.1, -0.05) is 115 Å². The summed E-state index contributed by atoms with van der Waals surface area (Å²) in [5.74, 6) is 0.645. The standard InChI is InChI=1S/C48H29N3O2/c1-2-13-31(14-3-1)46-37-17-6-9-19-40(37)49-48(50-46)39-26-27-41(47-45(39)38-18-8-11-21-43(38)53-47)51(33-23-22-30-12-4-5-15-32(30)28-33)34-24-25-36-35-16-7-10-20-42(35)52-44(36)29-34/h1-29H. The summed E-state index contributed by atoms with van der Waals surface area (Å²) >= 11 is 0. The fourth-order valence-electron chi connectivity index (χ4n) is 7.79. The summed E-state index contributed by atoms with van der Waals surface area (Å²) in [7, 11) is 0. The first-order chi connectivity index (χ1) is 26.3. The van der Waals surface area contributed by atoms with E-state index in [2.05, 4.69) is 126 Å². The Morgan fingerprint density at radius 2 is 1.09 bits per heavy atom. The number of benzene rings is 8. The van der Waals surface area contributed by atoms with Crippen LogP contribution < -0.4 is 4.90 Å². The SMILES string of the molecule is c1ccc(-c2nc(-c3ccc(N(c4ccc5ccccc5c4)c4ccc5c(c4)oc4ccccc45)c4oc5ccccc5c34)nc3ccccc23)cc1. The third kappa shape index (κ3) is 4.71. The van der Waals surface area contributed by atoms with E-state index in [0.717, 1.165) is 94.0 Å². The minimum atomic E-state index is 0.645. The molecule has 0 aliphatic heterocycles. The van der Waals surface area contributed by atoms with Gasteiger partial charge in [0.15, 0.2) is 11.4 Å². The lowest BCUT2D eigenvalue weighted by Crippen LogP contribution is -2.10. The van der Waals surface area contributed by atoms with E-state index in [1.54, 1.807) is 0 Å². The van der Waals surface area contributed by atoms with Crippen molar-refractivity contribution >= 4 is 82.6 Å². The first-order valence-corrected chi connectivity index (χ1v) is 17.7. The number of furan rings is 2. The number of aromatic nitrogens is 2. The molecule has 53 heavy (non-hydrogen) atoms. The fourth-order valence-corrected chi connectivity index (χ4v) is 7.79. The van der Waals surface area contributed by atoms with Crippen molar-refractivity contribution in [3.05, 3.63) is 176 Å². The van der Waals surface area contributed by atoms with E-state index in [1.165, 1.54) is 5.39 Å². The average molecular weight is 680 g/mol. The van der Waals surface area contributed by atoms with Gasteiger partial charge in [-0.05, 0) is 65.4 Å². The molecule has 0 N–H and O–H groups in total. The van der Waals surface area contributed by atoms with Gasteiger partial charge in [0.25, 0.3) is 0 Å². The quantitative estimate of drug-likeness (QED) is 0.181. The van der Waals surface area contributed by atoms with Crippen molar-refractivity contribution in [3.8, 4) is 22.6 Å². The van der Waals surface area contributed by atoms with Gasteiger partial charge in [-0.15, -0.1) is 0 Å². The van der Waals surface area contributed by atoms with Gasteiger partial charge in [-0.3, -0.25) is 0 Å². The van der Waals surface area contributed by atoms with E-state index in [1.807, 2.05) is 54.6 Å². The molecular formula is C48H29N3O2. The summed E-state index contributed by atoms with van der Waals surface area (Å²) in [4.78, 5) is 12.7.